The number of anilines is 1. The van der Waals surface area contributed by atoms with Gasteiger partial charge in [0, 0.05) is 22.5 Å². The van der Waals surface area contributed by atoms with E-state index in [1.165, 1.54) is 5.56 Å². The first-order valence-electron chi connectivity index (χ1n) is 10.5. The van der Waals surface area contributed by atoms with E-state index < -0.39 is 5.91 Å². The SMILES string of the molecule is CC(C)(C)c1ccc(-c2cc3c(NC4CCC(O)CC4)ncc(C(N)=O)c3s2)cc1. The van der Waals surface area contributed by atoms with Crippen LogP contribution < -0.4 is 11.1 Å². The van der Waals surface area contributed by atoms with Crippen LogP contribution in [0.2, 0.25) is 0 Å². The molecule has 158 valence electrons. The number of primary amides is 1. The van der Waals surface area contributed by atoms with Crippen molar-refractivity contribution < 1.29 is 9.90 Å². The van der Waals surface area contributed by atoms with Gasteiger partial charge in [-0.2, -0.15) is 0 Å². The lowest BCUT2D eigenvalue weighted by Crippen LogP contribution is -2.28. The zero-order valence-corrected chi connectivity index (χ0v) is 18.6. The predicted octanol–water partition coefficient (Wildman–Crippen LogP) is 5.08. The lowest BCUT2D eigenvalue weighted by Gasteiger charge is -2.26. The molecule has 4 rings (SSSR count). The first-order valence-corrected chi connectivity index (χ1v) is 11.3. The molecule has 1 fully saturated rings. The average molecular weight is 424 g/mol. The van der Waals surface area contributed by atoms with Crippen LogP contribution in [-0.2, 0) is 5.41 Å². The number of aliphatic hydroxyl groups excluding tert-OH is 1. The van der Waals surface area contributed by atoms with Crippen molar-refractivity contribution in [2.24, 2.45) is 5.73 Å². The molecule has 0 spiro atoms. The Labute approximate surface area is 181 Å². The molecule has 2 heterocycles. The van der Waals surface area contributed by atoms with Gasteiger partial charge >= 0.3 is 0 Å². The summed E-state index contributed by atoms with van der Waals surface area (Å²) in [5, 5.41) is 14.2. The molecular weight excluding hydrogens is 394 g/mol. The number of thiophene rings is 1. The highest BCUT2D eigenvalue weighted by molar-refractivity contribution is 7.22. The number of hydrogen-bond donors (Lipinski definition) is 3. The molecule has 0 atom stereocenters. The van der Waals surface area contributed by atoms with Crippen LogP contribution in [0.1, 0.15) is 62.4 Å². The molecule has 3 aromatic rings. The van der Waals surface area contributed by atoms with Gasteiger partial charge in [-0.05, 0) is 48.3 Å². The molecule has 1 amide bonds. The molecule has 1 aliphatic carbocycles. The molecule has 1 aliphatic rings. The molecule has 6 heteroatoms. The topological polar surface area (TPSA) is 88.2 Å². The molecule has 1 saturated carbocycles. The van der Waals surface area contributed by atoms with Crippen molar-refractivity contribution >= 4 is 33.1 Å². The van der Waals surface area contributed by atoms with Gasteiger partial charge in [0.15, 0.2) is 0 Å². The quantitative estimate of drug-likeness (QED) is 0.546. The molecule has 0 unspecified atom stereocenters. The summed E-state index contributed by atoms with van der Waals surface area (Å²) < 4.78 is 0.866. The summed E-state index contributed by atoms with van der Waals surface area (Å²) in [5.41, 5.74) is 8.59. The van der Waals surface area contributed by atoms with Crippen LogP contribution in [-0.4, -0.2) is 28.1 Å². The lowest BCUT2D eigenvalue weighted by molar-refractivity contribution is 0.100. The molecular formula is C24H29N3O2S. The van der Waals surface area contributed by atoms with Gasteiger partial charge in [-0.3, -0.25) is 4.79 Å². The molecule has 0 radical (unpaired) electrons. The fraction of sp³-hybridized carbons (Fsp3) is 0.417. The van der Waals surface area contributed by atoms with Gasteiger partial charge in [-0.25, -0.2) is 4.98 Å². The fourth-order valence-electron chi connectivity index (χ4n) is 4.01. The Morgan fingerprint density at radius 1 is 1.17 bits per heavy atom. The fourth-order valence-corrected chi connectivity index (χ4v) is 5.18. The van der Waals surface area contributed by atoms with Crippen molar-refractivity contribution in [3.8, 4) is 10.4 Å². The van der Waals surface area contributed by atoms with E-state index in [1.807, 2.05) is 0 Å². The van der Waals surface area contributed by atoms with Gasteiger partial charge in [-0.15, -0.1) is 11.3 Å². The largest absolute Gasteiger partial charge is 0.393 e. The van der Waals surface area contributed by atoms with E-state index in [0.717, 1.165) is 52.0 Å². The zero-order valence-electron chi connectivity index (χ0n) is 17.7. The number of nitrogens with one attached hydrogen (secondary N) is 1. The summed E-state index contributed by atoms with van der Waals surface area (Å²) in [6, 6.07) is 11.0. The second-order valence-electron chi connectivity index (χ2n) is 9.22. The Balaban J connectivity index is 1.72. The Kier molecular flexibility index (Phi) is 5.55. The average Bonchev–Trinajstić information content (AvgIpc) is 3.15. The first kappa shape index (κ1) is 20.8. The number of carbonyl (C=O) groups is 1. The Morgan fingerprint density at radius 2 is 1.83 bits per heavy atom. The van der Waals surface area contributed by atoms with Crippen LogP contribution in [0, 0.1) is 0 Å². The van der Waals surface area contributed by atoms with E-state index in [4.69, 9.17) is 5.73 Å². The summed E-state index contributed by atoms with van der Waals surface area (Å²) >= 11 is 1.57. The normalized spacial score (nSPS) is 19.7. The number of amides is 1. The second-order valence-corrected chi connectivity index (χ2v) is 10.3. The number of nitrogens with zero attached hydrogens (tertiary/aromatic N) is 1. The zero-order chi connectivity index (χ0) is 21.5. The summed E-state index contributed by atoms with van der Waals surface area (Å²) in [5.74, 6) is 0.321. The highest BCUT2D eigenvalue weighted by Gasteiger charge is 2.22. The Morgan fingerprint density at radius 3 is 2.43 bits per heavy atom. The molecule has 5 nitrogen and oxygen atoms in total. The number of benzene rings is 1. The van der Waals surface area contributed by atoms with Crippen LogP contribution in [0.15, 0.2) is 36.5 Å². The second kappa shape index (κ2) is 8.00. The van der Waals surface area contributed by atoms with Gasteiger partial charge in [-0.1, -0.05) is 45.0 Å². The van der Waals surface area contributed by atoms with E-state index in [1.54, 1.807) is 17.5 Å². The number of aliphatic hydroxyl groups is 1. The van der Waals surface area contributed by atoms with Gasteiger partial charge in [0.25, 0.3) is 5.91 Å². The third-order valence-electron chi connectivity index (χ3n) is 5.89. The smallest absolute Gasteiger partial charge is 0.251 e. The molecule has 1 aromatic carbocycles. The Bertz CT molecular complexity index is 1060. The van der Waals surface area contributed by atoms with Gasteiger partial charge < -0.3 is 16.2 Å². The van der Waals surface area contributed by atoms with Gasteiger partial charge in [0.1, 0.15) is 5.82 Å². The monoisotopic (exact) mass is 423 g/mol. The number of pyridine rings is 1. The number of rotatable bonds is 4. The lowest BCUT2D eigenvalue weighted by atomic mass is 9.86. The van der Waals surface area contributed by atoms with Gasteiger partial charge in [0.05, 0.1) is 16.4 Å². The Hall–Kier alpha value is -2.44. The predicted molar refractivity (Wildman–Crippen MR) is 124 cm³/mol. The standard InChI is InChI=1S/C24H29N3O2S/c1-24(2,3)15-6-4-14(5-7-15)20-12-18-21(30-20)19(22(25)29)13-26-23(18)27-16-8-10-17(28)11-9-16/h4-7,12-13,16-17,28H,8-11H2,1-3H3,(H2,25,29)(H,26,27). The van der Waals surface area contributed by atoms with Crippen LogP contribution >= 0.6 is 11.3 Å². The minimum absolute atomic E-state index is 0.104. The minimum Gasteiger partial charge on any atom is -0.393 e. The summed E-state index contributed by atoms with van der Waals surface area (Å²) in [6.45, 7) is 6.61. The number of hydrogen-bond acceptors (Lipinski definition) is 5. The summed E-state index contributed by atoms with van der Waals surface area (Å²) in [4.78, 5) is 17.6. The van der Waals surface area contributed by atoms with Crippen molar-refractivity contribution in [3.63, 3.8) is 0 Å². The minimum atomic E-state index is -0.462. The van der Waals surface area contributed by atoms with Crippen molar-refractivity contribution in [2.45, 2.75) is 64.0 Å². The molecule has 0 bridgehead atoms. The van der Waals surface area contributed by atoms with E-state index in [-0.39, 0.29) is 17.6 Å². The van der Waals surface area contributed by atoms with E-state index in [0.29, 0.717) is 5.56 Å². The molecule has 30 heavy (non-hydrogen) atoms. The molecule has 4 N–H and O–H groups in total. The maximum absolute atomic E-state index is 12.0. The maximum Gasteiger partial charge on any atom is 0.251 e. The number of aromatic nitrogens is 1. The van der Waals surface area contributed by atoms with Crippen molar-refractivity contribution in [1.29, 1.82) is 0 Å². The van der Waals surface area contributed by atoms with Crippen molar-refractivity contribution in [2.75, 3.05) is 5.32 Å². The van der Waals surface area contributed by atoms with Crippen molar-refractivity contribution in [1.82, 2.24) is 4.98 Å². The van der Waals surface area contributed by atoms with Gasteiger partial charge in [0.2, 0.25) is 0 Å². The number of nitrogens with two attached hydrogens (primary N) is 1. The summed E-state index contributed by atoms with van der Waals surface area (Å²) in [6.07, 6.45) is 4.80. The highest BCUT2D eigenvalue weighted by atomic mass is 32.1. The number of fused-ring (bicyclic) bond motifs is 1. The molecule has 0 saturated heterocycles. The van der Waals surface area contributed by atoms with E-state index >= 15 is 0 Å². The van der Waals surface area contributed by atoms with Crippen LogP contribution in [0.4, 0.5) is 5.82 Å². The van der Waals surface area contributed by atoms with Crippen LogP contribution in [0.25, 0.3) is 20.5 Å². The third kappa shape index (κ3) is 4.20. The van der Waals surface area contributed by atoms with Crippen LogP contribution in [0.5, 0.6) is 0 Å². The third-order valence-corrected chi connectivity index (χ3v) is 7.11. The van der Waals surface area contributed by atoms with Crippen LogP contribution in [0.3, 0.4) is 0 Å². The van der Waals surface area contributed by atoms with Crippen molar-refractivity contribution in [3.05, 3.63) is 47.7 Å². The van der Waals surface area contributed by atoms with E-state index in [9.17, 15) is 9.90 Å². The first-order chi connectivity index (χ1) is 14.2. The van der Waals surface area contributed by atoms with E-state index in [2.05, 4.69) is 61.4 Å². The highest BCUT2D eigenvalue weighted by Crippen LogP contribution is 2.39. The number of carbonyl (C=O) groups excluding carboxylic acids is 1. The summed E-state index contributed by atoms with van der Waals surface area (Å²) in [7, 11) is 0. The molecule has 0 aliphatic heterocycles. The maximum atomic E-state index is 12.0. The molecule has 2 aromatic heterocycles.